The minimum atomic E-state index is -0.271. The van der Waals surface area contributed by atoms with E-state index in [1.165, 1.54) is 0 Å². The van der Waals surface area contributed by atoms with Crippen molar-refractivity contribution in [3.8, 4) is 0 Å². The molecule has 3 rings (SSSR count). The quantitative estimate of drug-likeness (QED) is 0.636. The molecular formula is C24H31NO3. The van der Waals surface area contributed by atoms with Gasteiger partial charge in [0.25, 0.3) is 0 Å². The Labute approximate surface area is 168 Å². The molecule has 2 aromatic rings. The summed E-state index contributed by atoms with van der Waals surface area (Å²) in [5.74, 6) is -0.260. The molecule has 1 heterocycles. The number of nitrogens with zero attached hydrogens (tertiary/aromatic N) is 1. The highest BCUT2D eigenvalue weighted by atomic mass is 16.7. The van der Waals surface area contributed by atoms with Crippen LogP contribution in [-0.4, -0.2) is 28.2 Å². The molecule has 28 heavy (non-hydrogen) atoms. The Morgan fingerprint density at radius 1 is 0.929 bits per heavy atom. The lowest BCUT2D eigenvalue weighted by Crippen LogP contribution is -2.62. The van der Waals surface area contributed by atoms with E-state index in [9.17, 15) is 4.79 Å². The molecule has 1 aliphatic rings. The van der Waals surface area contributed by atoms with Gasteiger partial charge in [-0.2, -0.15) is 5.06 Å². The molecule has 0 saturated carbocycles. The predicted molar refractivity (Wildman–Crippen MR) is 111 cm³/mol. The molecule has 0 bridgehead atoms. The van der Waals surface area contributed by atoms with Gasteiger partial charge >= 0.3 is 5.97 Å². The summed E-state index contributed by atoms with van der Waals surface area (Å²) in [6.07, 6.45) is 1.24. The smallest absolute Gasteiger partial charge is 0.338 e. The van der Waals surface area contributed by atoms with Gasteiger partial charge in [0.1, 0.15) is 12.2 Å². The molecule has 0 spiro atoms. The van der Waals surface area contributed by atoms with E-state index < -0.39 is 0 Å². The molecule has 2 aromatic carbocycles. The lowest BCUT2D eigenvalue weighted by Gasteiger charge is -2.54. The van der Waals surface area contributed by atoms with Gasteiger partial charge in [-0.05, 0) is 52.3 Å². The number of esters is 1. The number of hydrogen-bond donors (Lipinski definition) is 0. The lowest BCUT2D eigenvalue weighted by molar-refractivity contribution is -0.313. The zero-order valence-corrected chi connectivity index (χ0v) is 17.5. The van der Waals surface area contributed by atoms with E-state index in [-0.39, 0.29) is 29.3 Å². The van der Waals surface area contributed by atoms with Gasteiger partial charge in [-0.25, -0.2) is 4.79 Å². The average molecular weight is 382 g/mol. The number of ether oxygens (including phenoxy) is 1. The Balaban J connectivity index is 1.71. The van der Waals surface area contributed by atoms with Crippen molar-refractivity contribution in [3.63, 3.8) is 0 Å². The van der Waals surface area contributed by atoms with Crippen molar-refractivity contribution in [1.29, 1.82) is 0 Å². The third kappa shape index (κ3) is 4.62. The highest BCUT2D eigenvalue weighted by Gasteiger charge is 2.48. The van der Waals surface area contributed by atoms with Gasteiger partial charge in [-0.15, -0.1) is 0 Å². The van der Waals surface area contributed by atoms with E-state index in [2.05, 4.69) is 51.8 Å². The fraction of sp³-hybridized carbons (Fsp3) is 0.458. The fourth-order valence-electron chi connectivity index (χ4n) is 4.28. The first kappa shape index (κ1) is 20.6. The minimum absolute atomic E-state index is 0.0526. The minimum Gasteiger partial charge on any atom is -0.459 e. The summed E-state index contributed by atoms with van der Waals surface area (Å²) in [6.45, 7) is 10.7. The molecule has 1 unspecified atom stereocenters. The summed E-state index contributed by atoms with van der Waals surface area (Å²) in [7, 11) is 0. The van der Waals surface area contributed by atoms with Crippen LogP contribution in [0.15, 0.2) is 60.7 Å². The maximum atomic E-state index is 12.5. The molecule has 1 saturated heterocycles. The zero-order valence-electron chi connectivity index (χ0n) is 17.5. The normalized spacial score (nSPS) is 20.5. The van der Waals surface area contributed by atoms with Crippen LogP contribution in [0.4, 0.5) is 0 Å². The monoisotopic (exact) mass is 381 g/mol. The van der Waals surface area contributed by atoms with Crippen LogP contribution in [0.1, 0.15) is 69.5 Å². The number of hydroxylamine groups is 2. The second kappa shape index (κ2) is 8.06. The van der Waals surface area contributed by atoms with E-state index in [0.717, 1.165) is 18.4 Å². The molecule has 4 heteroatoms. The topological polar surface area (TPSA) is 38.8 Å². The third-order valence-electron chi connectivity index (χ3n) is 5.37. The second-order valence-corrected chi connectivity index (χ2v) is 8.88. The van der Waals surface area contributed by atoms with Gasteiger partial charge in [0.2, 0.25) is 0 Å². The lowest BCUT2D eigenvalue weighted by atomic mass is 9.80. The van der Waals surface area contributed by atoms with E-state index >= 15 is 0 Å². The Morgan fingerprint density at radius 2 is 1.43 bits per heavy atom. The number of carbonyl (C=O) groups is 1. The summed E-state index contributed by atoms with van der Waals surface area (Å²) in [4.78, 5) is 19.0. The molecule has 1 fully saturated rings. The van der Waals surface area contributed by atoms with Crippen molar-refractivity contribution in [2.45, 2.75) is 70.7 Å². The van der Waals surface area contributed by atoms with Gasteiger partial charge in [-0.3, -0.25) is 4.84 Å². The number of hydrogen-bond acceptors (Lipinski definition) is 4. The summed E-state index contributed by atoms with van der Waals surface area (Å²) in [5.41, 5.74) is 1.19. The summed E-state index contributed by atoms with van der Waals surface area (Å²) in [6, 6.07) is 19.4. The standard InChI is InChI=1S/C24H31NO3/c1-18(19-12-8-6-9-13-19)28-25-23(2,3)16-21(17-24(25,4)5)27-22(26)20-14-10-7-11-15-20/h6-15,18,21H,16-17H2,1-5H3. The van der Waals surface area contributed by atoms with Crippen molar-refractivity contribution in [2.75, 3.05) is 0 Å². The first-order chi connectivity index (χ1) is 13.2. The van der Waals surface area contributed by atoms with Gasteiger partial charge in [0.05, 0.1) is 5.56 Å². The Kier molecular flexibility index (Phi) is 5.92. The van der Waals surface area contributed by atoms with Crippen LogP contribution >= 0.6 is 0 Å². The van der Waals surface area contributed by atoms with Gasteiger partial charge in [0.15, 0.2) is 0 Å². The molecule has 0 radical (unpaired) electrons. The molecule has 0 aliphatic carbocycles. The second-order valence-electron chi connectivity index (χ2n) is 8.88. The van der Waals surface area contributed by atoms with E-state index in [1.807, 2.05) is 36.4 Å². The van der Waals surface area contributed by atoms with Crippen molar-refractivity contribution in [2.24, 2.45) is 0 Å². The van der Waals surface area contributed by atoms with Crippen LogP contribution in [0.5, 0.6) is 0 Å². The van der Waals surface area contributed by atoms with Gasteiger partial charge in [0, 0.05) is 23.9 Å². The zero-order chi connectivity index (χ0) is 20.4. The van der Waals surface area contributed by atoms with Gasteiger partial charge < -0.3 is 4.74 Å². The van der Waals surface area contributed by atoms with Crippen LogP contribution in [-0.2, 0) is 9.57 Å². The molecule has 0 N–H and O–H groups in total. The molecule has 4 nitrogen and oxygen atoms in total. The maximum absolute atomic E-state index is 12.5. The van der Waals surface area contributed by atoms with E-state index in [0.29, 0.717) is 5.56 Å². The molecule has 1 aliphatic heterocycles. The molecule has 0 aromatic heterocycles. The van der Waals surface area contributed by atoms with Crippen molar-refractivity contribution >= 4 is 5.97 Å². The number of piperidine rings is 1. The molecular weight excluding hydrogens is 350 g/mol. The molecule has 150 valence electrons. The summed E-state index contributed by atoms with van der Waals surface area (Å²) < 4.78 is 5.87. The Bertz CT molecular complexity index is 768. The summed E-state index contributed by atoms with van der Waals surface area (Å²) in [5, 5.41) is 2.10. The highest BCUT2D eigenvalue weighted by Crippen LogP contribution is 2.41. The maximum Gasteiger partial charge on any atom is 0.338 e. The highest BCUT2D eigenvalue weighted by molar-refractivity contribution is 5.89. The average Bonchev–Trinajstić information content (AvgIpc) is 2.65. The van der Waals surface area contributed by atoms with E-state index in [1.54, 1.807) is 12.1 Å². The molecule has 0 amide bonds. The van der Waals surface area contributed by atoms with Gasteiger partial charge in [-0.1, -0.05) is 48.5 Å². The number of rotatable bonds is 5. The fourth-order valence-corrected chi connectivity index (χ4v) is 4.28. The number of benzene rings is 2. The Hall–Kier alpha value is -2.17. The van der Waals surface area contributed by atoms with Crippen LogP contribution in [0, 0.1) is 0 Å². The van der Waals surface area contributed by atoms with Crippen LogP contribution < -0.4 is 0 Å². The van der Waals surface area contributed by atoms with Crippen LogP contribution in [0.25, 0.3) is 0 Å². The van der Waals surface area contributed by atoms with Crippen LogP contribution in [0.2, 0.25) is 0 Å². The SMILES string of the molecule is CC(ON1C(C)(C)CC(OC(=O)c2ccccc2)CC1(C)C)c1ccccc1. The summed E-state index contributed by atoms with van der Waals surface area (Å²) >= 11 is 0. The van der Waals surface area contributed by atoms with Crippen molar-refractivity contribution < 1.29 is 14.4 Å². The van der Waals surface area contributed by atoms with Crippen molar-refractivity contribution in [3.05, 3.63) is 71.8 Å². The Morgan fingerprint density at radius 3 is 1.96 bits per heavy atom. The predicted octanol–water partition coefficient (Wildman–Crippen LogP) is 5.56. The van der Waals surface area contributed by atoms with Crippen LogP contribution in [0.3, 0.4) is 0 Å². The first-order valence-corrected chi connectivity index (χ1v) is 9.97. The van der Waals surface area contributed by atoms with Crippen molar-refractivity contribution in [1.82, 2.24) is 5.06 Å². The van der Waals surface area contributed by atoms with E-state index in [4.69, 9.17) is 9.57 Å². The first-order valence-electron chi connectivity index (χ1n) is 9.97. The largest absolute Gasteiger partial charge is 0.459 e. The number of carbonyl (C=O) groups excluding carboxylic acids is 1. The molecule has 1 atom stereocenters. The third-order valence-corrected chi connectivity index (χ3v) is 5.37.